The van der Waals surface area contributed by atoms with Crippen LogP contribution in [-0.4, -0.2) is 23.8 Å². The van der Waals surface area contributed by atoms with Crippen LogP contribution < -0.4 is 9.46 Å². The van der Waals surface area contributed by atoms with Gasteiger partial charge in [0, 0.05) is 16.1 Å². The van der Waals surface area contributed by atoms with Crippen LogP contribution in [0.15, 0.2) is 83.8 Å². The Balaban J connectivity index is 0.00000187. The molecule has 0 fully saturated rings. The minimum Gasteiger partial charge on any atom is -0.494 e. The van der Waals surface area contributed by atoms with Crippen LogP contribution in [0.5, 0.6) is 5.75 Å². The molecular formula is C27H31NO3S2. The lowest BCUT2D eigenvalue weighted by molar-refractivity contribution is 0.102. The average Bonchev–Trinajstić information content (AvgIpc) is 2.88. The second kappa shape index (κ2) is 16.0. The maximum atomic E-state index is 11.9. The number of carbonyl (C=O) groups excluding carboxylic acids is 2. The van der Waals surface area contributed by atoms with Crippen molar-refractivity contribution in [3.8, 4) is 5.75 Å². The van der Waals surface area contributed by atoms with Gasteiger partial charge in [0.1, 0.15) is 5.75 Å². The van der Waals surface area contributed by atoms with Crippen LogP contribution in [0.1, 0.15) is 42.6 Å². The van der Waals surface area contributed by atoms with E-state index in [4.69, 9.17) is 4.74 Å². The third kappa shape index (κ3) is 10.2. The number of ketones is 1. The number of aryl methyl sites for hydroxylation is 1. The van der Waals surface area contributed by atoms with Crippen molar-refractivity contribution in [1.29, 1.82) is 0 Å². The van der Waals surface area contributed by atoms with E-state index in [0.717, 1.165) is 47.4 Å². The number of hydrogen-bond donors (Lipinski definition) is 1. The Kier molecular flexibility index (Phi) is 12.9. The summed E-state index contributed by atoms with van der Waals surface area (Å²) < 4.78 is 9.11. The van der Waals surface area contributed by atoms with Crippen LogP contribution in [0.2, 0.25) is 0 Å². The van der Waals surface area contributed by atoms with E-state index in [-0.39, 0.29) is 11.5 Å². The number of nitrogens with one attached hydrogen (secondary N) is 1. The van der Waals surface area contributed by atoms with Crippen LogP contribution in [0.4, 0.5) is 5.69 Å². The number of Topliss-reactive ketones (excluding diaryl/α,β-unsaturated/α-hetero) is 1. The Morgan fingerprint density at radius 2 is 1.61 bits per heavy atom. The average molecular weight is 482 g/mol. The van der Waals surface area contributed by atoms with E-state index in [1.165, 1.54) is 17.5 Å². The van der Waals surface area contributed by atoms with Crippen molar-refractivity contribution in [3.05, 3.63) is 90.0 Å². The Labute approximate surface area is 205 Å². The highest BCUT2D eigenvalue weighted by Crippen LogP contribution is 2.24. The second-order valence-corrected chi connectivity index (χ2v) is 8.57. The van der Waals surface area contributed by atoms with E-state index in [1.54, 1.807) is 12.1 Å². The standard InChI is InChI=1S/C25H25NO3S2.C2H6/c27-19-30-18-25(28)21-9-11-22(12-10-21)26-31-24-15-13-23(14-16-24)29-17-5-4-8-20-6-2-1-3-7-20;1-2/h1-3,6-7,9-16,19,26H,4-5,8,17-18H2;1-2H3. The van der Waals surface area contributed by atoms with Gasteiger partial charge in [-0.3, -0.25) is 9.59 Å². The SMILES string of the molecule is CC.O=CSCC(=O)c1ccc(NSc2ccc(OCCCCc3ccccc3)cc2)cc1. The highest BCUT2D eigenvalue weighted by atomic mass is 32.2. The van der Waals surface area contributed by atoms with Crippen LogP contribution in [0, 0.1) is 0 Å². The van der Waals surface area contributed by atoms with Gasteiger partial charge in [0.2, 0.25) is 0 Å². The summed E-state index contributed by atoms with van der Waals surface area (Å²) in [5, 5.41) is 0. The van der Waals surface area contributed by atoms with Gasteiger partial charge in [0.15, 0.2) is 11.4 Å². The molecule has 1 N–H and O–H groups in total. The lowest BCUT2D eigenvalue weighted by Gasteiger charge is -2.09. The maximum absolute atomic E-state index is 11.9. The van der Waals surface area contributed by atoms with Crippen molar-refractivity contribution in [1.82, 2.24) is 0 Å². The molecule has 0 aliphatic carbocycles. The molecule has 6 heteroatoms. The summed E-state index contributed by atoms with van der Waals surface area (Å²) in [5.41, 5.74) is 3.57. The number of anilines is 1. The molecule has 0 unspecified atom stereocenters. The van der Waals surface area contributed by atoms with Crippen LogP contribution in [-0.2, 0) is 11.2 Å². The highest BCUT2D eigenvalue weighted by Gasteiger charge is 2.06. The maximum Gasteiger partial charge on any atom is 0.176 e. The summed E-state index contributed by atoms with van der Waals surface area (Å²) in [4.78, 5) is 23.3. The van der Waals surface area contributed by atoms with Crippen molar-refractivity contribution < 1.29 is 14.3 Å². The largest absolute Gasteiger partial charge is 0.494 e. The number of thioether (sulfide) groups is 1. The van der Waals surface area contributed by atoms with Crippen LogP contribution in [0.3, 0.4) is 0 Å². The quantitative estimate of drug-likeness (QED) is 0.119. The Bertz CT molecular complexity index is 945. The number of hydrogen-bond acceptors (Lipinski definition) is 6. The molecule has 0 aliphatic heterocycles. The Morgan fingerprint density at radius 3 is 2.27 bits per heavy atom. The molecule has 0 saturated heterocycles. The zero-order valence-corrected chi connectivity index (χ0v) is 20.8. The van der Waals surface area contributed by atoms with Gasteiger partial charge in [-0.15, -0.1) is 0 Å². The molecule has 33 heavy (non-hydrogen) atoms. The number of benzene rings is 3. The van der Waals surface area contributed by atoms with Gasteiger partial charge in [0.25, 0.3) is 0 Å². The minimum atomic E-state index is -0.0491. The van der Waals surface area contributed by atoms with E-state index in [2.05, 4.69) is 29.0 Å². The molecule has 3 aromatic carbocycles. The summed E-state index contributed by atoms with van der Waals surface area (Å²) in [7, 11) is 0. The molecule has 0 aromatic heterocycles. The number of ether oxygens (including phenoxy) is 1. The smallest absolute Gasteiger partial charge is 0.176 e. The molecule has 3 rings (SSSR count). The van der Waals surface area contributed by atoms with Crippen LogP contribution >= 0.6 is 23.7 Å². The lowest BCUT2D eigenvalue weighted by atomic mass is 10.1. The monoisotopic (exact) mass is 481 g/mol. The Morgan fingerprint density at radius 1 is 0.909 bits per heavy atom. The third-order valence-corrected chi connectivity index (χ3v) is 5.98. The van der Waals surface area contributed by atoms with Crippen molar-refractivity contribution in [2.75, 3.05) is 17.1 Å². The predicted molar refractivity (Wildman–Crippen MR) is 142 cm³/mol. The summed E-state index contributed by atoms with van der Waals surface area (Å²) in [5.74, 6) is 0.999. The fraction of sp³-hybridized carbons (Fsp3) is 0.259. The first kappa shape index (κ1) is 26.6. The topological polar surface area (TPSA) is 55.4 Å². The minimum absolute atomic E-state index is 0.0491. The van der Waals surface area contributed by atoms with Gasteiger partial charge in [-0.2, -0.15) is 0 Å². The first-order valence-electron chi connectivity index (χ1n) is 11.1. The van der Waals surface area contributed by atoms with Crippen molar-refractivity contribution in [2.24, 2.45) is 0 Å². The van der Waals surface area contributed by atoms with Crippen molar-refractivity contribution in [3.63, 3.8) is 0 Å². The lowest BCUT2D eigenvalue weighted by Crippen LogP contribution is -2.02. The molecule has 0 bridgehead atoms. The van der Waals surface area contributed by atoms with E-state index >= 15 is 0 Å². The second-order valence-electron chi connectivity index (χ2n) is 6.87. The van der Waals surface area contributed by atoms with Gasteiger partial charge in [-0.05, 0) is 85.3 Å². The fourth-order valence-electron chi connectivity index (χ4n) is 2.90. The summed E-state index contributed by atoms with van der Waals surface area (Å²) >= 11 is 2.47. The fourth-order valence-corrected chi connectivity index (χ4v) is 3.93. The highest BCUT2D eigenvalue weighted by molar-refractivity contribution is 8.12. The normalized spacial score (nSPS) is 10.0. The van der Waals surface area contributed by atoms with Crippen molar-refractivity contribution >= 4 is 40.8 Å². The molecule has 0 saturated carbocycles. The first-order valence-corrected chi connectivity index (χ1v) is 13.0. The van der Waals surface area contributed by atoms with Gasteiger partial charge >= 0.3 is 0 Å². The molecule has 0 atom stereocenters. The molecule has 0 aliphatic rings. The van der Waals surface area contributed by atoms with E-state index in [9.17, 15) is 9.59 Å². The summed E-state index contributed by atoms with van der Waals surface area (Å²) in [6.45, 7) is 4.72. The van der Waals surface area contributed by atoms with Gasteiger partial charge in [-0.25, -0.2) is 0 Å². The molecule has 0 amide bonds. The van der Waals surface area contributed by atoms with E-state index in [1.807, 2.05) is 56.3 Å². The van der Waals surface area contributed by atoms with Crippen LogP contribution in [0.25, 0.3) is 0 Å². The Hall–Kier alpha value is -2.70. The van der Waals surface area contributed by atoms with E-state index in [0.29, 0.717) is 17.8 Å². The predicted octanol–water partition coefficient (Wildman–Crippen LogP) is 7.34. The van der Waals surface area contributed by atoms with Crippen molar-refractivity contribution in [2.45, 2.75) is 38.0 Å². The molecule has 3 aromatic rings. The molecule has 0 heterocycles. The van der Waals surface area contributed by atoms with E-state index < -0.39 is 0 Å². The van der Waals surface area contributed by atoms with Gasteiger partial charge in [-0.1, -0.05) is 55.9 Å². The molecule has 0 radical (unpaired) electrons. The molecular weight excluding hydrogens is 450 g/mol. The summed E-state index contributed by atoms with van der Waals surface area (Å²) in [6, 6.07) is 25.8. The molecule has 174 valence electrons. The molecule has 4 nitrogen and oxygen atoms in total. The zero-order valence-electron chi connectivity index (χ0n) is 19.2. The third-order valence-electron chi connectivity index (χ3n) is 4.57. The number of carbonyl (C=O) groups is 2. The molecule has 0 spiro atoms. The van der Waals surface area contributed by atoms with Gasteiger partial charge < -0.3 is 9.46 Å². The summed E-state index contributed by atoms with van der Waals surface area (Å²) in [6.07, 6.45) is 3.22. The first-order chi connectivity index (χ1) is 16.2. The number of unbranched alkanes of at least 4 members (excludes halogenated alkanes) is 1. The number of rotatable bonds is 13. The van der Waals surface area contributed by atoms with Gasteiger partial charge in [0.05, 0.1) is 12.4 Å². The zero-order chi connectivity index (χ0) is 23.7.